The van der Waals surface area contributed by atoms with E-state index >= 15 is 0 Å². The molecule has 0 atom stereocenters. The van der Waals surface area contributed by atoms with Crippen LogP contribution >= 0.6 is 11.8 Å². The summed E-state index contributed by atoms with van der Waals surface area (Å²) in [6, 6.07) is 5.74. The van der Waals surface area contributed by atoms with Gasteiger partial charge in [-0.2, -0.15) is 0 Å². The number of thioether (sulfide) groups is 1. The maximum atomic E-state index is 11.7. The predicted molar refractivity (Wildman–Crippen MR) is 85.0 cm³/mol. The van der Waals surface area contributed by atoms with Crippen LogP contribution < -0.4 is 11.1 Å². The lowest BCUT2D eigenvalue weighted by molar-refractivity contribution is -0.118. The van der Waals surface area contributed by atoms with Crippen molar-refractivity contribution in [2.24, 2.45) is 0 Å². The summed E-state index contributed by atoms with van der Waals surface area (Å²) in [6.45, 7) is 7.35. The van der Waals surface area contributed by atoms with E-state index in [0.717, 1.165) is 22.6 Å². The van der Waals surface area contributed by atoms with Crippen LogP contribution in [0.4, 0.5) is 5.69 Å². The topological polar surface area (TPSA) is 64.4 Å². The molecule has 1 aromatic carbocycles. The molecule has 20 heavy (non-hydrogen) atoms. The summed E-state index contributed by atoms with van der Waals surface area (Å²) in [4.78, 5) is 12.8. The zero-order valence-electron chi connectivity index (χ0n) is 12.4. The summed E-state index contributed by atoms with van der Waals surface area (Å²) < 4.78 is 5.41. The van der Waals surface area contributed by atoms with E-state index in [1.165, 1.54) is 11.8 Å². The second-order valence-electron chi connectivity index (χ2n) is 4.94. The maximum absolute atomic E-state index is 11.7. The molecular formula is C15H24N2O2S. The first-order valence-corrected chi connectivity index (χ1v) is 7.85. The molecular weight excluding hydrogens is 272 g/mol. The fourth-order valence-electron chi connectivity index (χ4n) is 1.65. The quantitative estimate of drug-likeness (QED) is 0.440. The molecule has 0 radical (unpaired) electrons. The number of aryl methyl sites for hydroxylation is 1. The second-order valence-corrected chi connectivity index (χ2v) is 5.95. The van der Waals surface area contributed by atoms with Crippen LogP contribution in [-0.4, -0.2) is 30.9 Å². The molecule has 3 N–H and O–H groups in total. The monoisotopic (exact) mass is 296 g/mol. The summed E-state index contributed by atoms with van der Waals surface area (Å²) in [5.41, 5.74) is 7.55. The van der Waals surface area contributed by atoms with E-state index in [1.54, 1.807) is 0 Å². The number of nitrogen functional groups attached to an aromatic ring is 1. The highest BCUT2D eigenvalue weighted by atomic mass is 32.2. The second kappa shape index (κ2) is 8.87. The Bertz CT molecular complexity index is 436. The standard InChI is InChI=1S/C15H24N2O2S/c1-11(2)19-8-4-7-17-15(18)10-20-14-6-5-13(16)9-12(14)3/h5-6,9,11H,4,7-8,10,16H2,1-3H3,(H,17,18). The van der Waals surface area contributed by atoms with Crippen molar-refractivity contribution < 1.29 is 9.53 Å². The minimum Gasteiger partial charge on any atom is -0.399 e. The first-order valence-electron chi connectivity index (χ1n) is 6.86. The maximum Gasteiger partial charge on any atom is 0.230 e. The molecule has 0 aliphatic carbocycles. The van der Waals surface area contributed by atoms with E-state index in [4.69, 9.17) is 10.5 Å². The number of anilines is 1. The first-order chi connectivity index (χ1) is 9.49. The summed E-state index contributed by atoms with van der Waals surface area (Å²) in [7, 11) is 0. The molecule has 0 spiro atoms. The number of benzene rings is 1. The van der Waals surface area contributed by atoms with E-state index < -0.39 is 0 Å². The Labute approximate surface area is 125 Å². The van der Waals surface area contributed by atoms with Crippen LogP contribution in [-0.2, 0) is 9.53 Å². The average molecular weight is 296 g/mol. The number of nitrogens with two attached hydrogens (primary N) is 1. The average Bonchev–Trinajstić information content (AvgIpc) is 2.37. The van der Waals surface area contributed by atoms with Gasteiger partial charge in [-0.25, -0.2) is 0 Å². The molecule has 0 bridgehead atoms. The Balaban J connectivity index is 2.19. The van der Waals surface area contributed by atoms with Gasteiger partial charge in [0.15, 0.2) is 0 Å². The highest BCUT2D eigenvalue weighted by Gasteiger charge is 2.05. The smallest absolute Gasteiger partial charge is 0.230 e. The minimum atomic E-state index is 0.0516. The van der Waals surface area contributed by atoms with Crippen molar-refractivity contribution in [1.82, 2.24) is 5.32 Å². The van der Waals surface area contributed by atoms with E-state index in [0.29, 0.717) is 18.9 Å². The molecule has 5 heteroatoms. The van der Waals surface area contributed by atoms with Crippen molar-refractivity contribution in [3.05, 3.63) is 23.8 Å². The molecule has 1 aromatic rings. The highest BCUT2D eigenvalue weighted by molar-refractivity contribution is 8.00. The predicted octanol–water partition coefficient (Wildman–Crippen LogP) is 2.60. The van der Waals surface area contributed by atoms with Crippen molar-refractivity contribution in [3.63, 3.8) is 0 Å². The first kappa shape index (κ1) is 16.9. The van der Waals surface area contributed by atoms with Gasteiger partial charge in [0.05, 0.1) is 11.9 Å². The van der Waals surface area contributed by atoms with E-state index in [2.05, 4.69) is 5.32 Å². The van der Waals surface area contributed by atoms with Crippen molar-refractivity contribution in [2.45, 2.75) is 38.2 Å². The number of carbonyl (C=O) groups is 1. The Kier molecular flexibility index (Phi) is 7.47. The molecule has 0 aromatic heterocycles. The van der Waals surface area contributed by atoms with Crippen LogP contribution in [0, 0.1) is 6.92 Å². The van der Waals surface area contributed by atoms with Crippen molar-refractivity contribution in [1.29, 1.82) is 0 Å². The van der Waals surface area contributed by atoms with Crippen molar-refractivity contribution in [3.8, 4) is 0 Å². The van der Waals surface area contributed by atoms with E-state index in [9.17, 15) is 4.79 Å². The highest BCUT2D eigenvalue weighted by Crippen LogP contribution is 2.23. The number of amides is 1. The van der Waals surface area contributed by atoms with Crippen LogP contribution in [0.2, 0.25) is 0 Å². The number of hydrogen-bond donors (Lipinski definition) is 2. The minimum absolute atomic E-state index is 0.0516. The largest absolute Gasteiger partial charge is 0.399 e. The van der Waals surface area contributed by atoms with Gasteiger partial charge >= 0.3 is 0 Å². The van der Waals surface area contributed by atoms with Gasteiger partial charge in [-0.3, -0.25) is 4.79 Å². The molecule has 0 saturated carbocycles. The van der Waals surface area contributed by atoms with Crippen LogP contribution in [0.15, 0.2) is 23.1 Å². The van der Waals surface area contributed by atoms with Crippen molar-refractivity contribution >= 4 is 23.4 Å². The number of rotatable bonds is 8. The number of hydrogen-bond acceptors (Lipinski definition) is 4. The van der Waals surface area contributed by atoms with Crippen molar-refractivity contribution in [2.75, 3.05) is 24.6 Å². The van der Waals surface area contributed by atoms with Gasteiger partial charge in [0.1, 0.15) is 0 Å². The van der Waals surface area contributed by atoms with Gasteiger partial charge in [0, 0.05) is 23.7 Å². The molecule has 0 heterocycles. The zero-order chi connectivity index (χ0) is 15.0. The third-order valence-electron chi connectivity index (χ3n) is 2.65. The number of nitrogens with one attached hydrogen (secondary N) is 1. The lowest BCUT2D eigenvalue weighted by atomic mass is 10.2. The van der Waals surface area contributed by atoms with Gasteiger partial charge in [0.25, 0.3) is 0 Å². The Hall–Kier alpha value is -1.20. The van der Waals surface area contributed by atoms with Gasteiger partial charge in [-0.15, -0.1) is 11.8 Å². The summed E-state index contributed by atoms with van der Waals surface area (Å²) in [5.74, 6) is 0.478. The van der Waals surface area contributed by atoms with Crippen LogP contribution in [0.5, 0.6) is 0 Å². The molecule has 0 aliphatic heterocycles. The third-order valence-corrected chi connectivity index (χ3v) is 3.83. The van der Waals surface area contributed by atoms with Gasteiger partial charge in [-0.1, -0.05) is 0 Å². The van der Waals surface area contributed by atoms with E-state index in [-0.39, 0.29) is 12.0 Å². The van der Waals surface area contributed by atoms with Gasteiger partial charge < -0.3 is 15.8 Å². The molecule has 0 saturated heterocycles. The SMILES string of the molecule is Cc1cc(N)ccc1SCC(=O)NCCCOC(C)C. The Morgan fingerprint density at radius 2 is 2.20 bits per heavy atom. The fourth-order valence-corrected chi connectivity index (χ4v) is 2.49. The number of carbonyl (C=O) groups excluding carboxylic acids is 1. The summed E-state index contributed by atoms with van der Waals surface area (Å²) in [6.07, 6.45) is 1.09. The zero-order valence-corrected chi connectivity index (χ0v) is 13.3. The van der Waals surface area contributed by atoms with Crippen LogP contribution in [0.3, 0.4) is 0 Å². The lowest BCUT2D eigenvalue weighted by Gasteiger charge is -2.09. The fraction of sp³-hybridized carbons (Fsp3) is 0.533. The Morgan fingerprint density at radius 1 is 1.45 bits per heavy atom. The van der Waals surface area contributed by atoms with Crippen LogP contribution in [0.1, 0.15) is 25.8 Å². The molecule has 1 rings (SSSR count). The molecule has 0 aliphatic rings. The Morgan fingerprint density at radius 3 is 2.85 bits per heavy atom. The summed E-state index contributed by atoms with van der Waals surface area (Å²) >= 11 is 1.53. The third kappa shape index (κ3) is 6.82. The summed E-state index contributed by atoms with van der Waals surface area (Å²) in [5, 5.41) is 2.89. The van der Waals surface area contributed by atoms with Crippen LogP contribution in [0.25, 0.3) is 0 Å². The molecule has 4 nitrogen and oxygen atoms in total. The lowest BCUT2D eigenvalue weighted by Crippen LogP contribution is -2.27. The molecule has 0 fully saturated rings. The van der Waals surface area contributed by atoms with Gasteiger partial charge in [-0.05, 0) is 51.0 Å². The van der Waals surface area contributed by atoms with Gasteiger partial charge in [0.2, 0.25) is 5.91 Å². The molecule has 0 unspecified atom stereocenters. The molecule has 112 valence electrons. The van der Waals surface area contributed by atoms with E-state index in [1.807, 2.05) is 39.0 Å². The molecule has 1 amide bonds. The normalized spacial score (nSPS) is 10.8. The number of ether oxygens (including phenoxy) is 1.